The third-order valence-electron chi connectivity index (χ3n) is 6.88. The van der Waals surface area contributed by atoms with Crippen molar-refractivity contribution in [3.05, 3.63) is 28.8 Å². The number of carbonyl (C=O) groups is 1. The number of anilines is 1. The number of nitrogens with one attached hydrogen (secondary N) is 2. The van der Waals surface area contributed by atoms with E-state index in [4.69, 9.17) is 0 Å². The van der Waals surface area contributed by atoms with Crippen molar-refractivity contribution in [1.82, 2.24) is 5.32 Å². The van der Waals surface area contributed by atoms with E-state index < -0.39 is 0 Å². The summed E-state index contributed by atoms with van der Waals surface area (Å²) in [5, 5.41) is 6.97. The molecule has 0 saturated heterocycles. The van der Waals surface area contributed by atoms with E-state index in [9.17, 15) is 4.79 Å². The molecular weight excluding hydrogens is 308 g/mol. The quantitative estimate of drug-likeness (QED) is 0.847. The fourth-order valence-corrected chi connectivity index (χ4v) is 6.42. The summed E-state index contributed by atoms with van der Waals surface area (Å²) in [5.41, 5.74) is 4.74. The normalized spacial score (nSPS) is 34.2. The molecule has 1 amide bonds. The minimum absolute atomic E-state index is 0.103. The Morgan fingerprint density at radius 1 is 1.00 bits per heavy atom. The van der Waals surface area contributed by atoms with Gasteiger partial charge >= 0.3 is 0 Å². The Hall–Kier alpha value is -1.35. The van der Waals surface area contributed by atoms with Crippen LogP contribution in [0.1, 0.15) is 62.1 Å². The molecule has 0 heterocycles. The number of aryl methyl sites for hydroxylation is 3. The predicted molar refractivity (Wildman–Crippen MR) is 103 cm³/mol. The second kappa shape index (κ2) is 6.12. The first kappa shape index (κ1) is 17.1. The number of hydrogen-bond donors (Lipinski definition) is 2. The molecular formula is C22H32N2O. The van der Waals surface area contributed by atoms with Crippen molar-refractivity contribution in [2.24, 2.45) is 17.8 Å². The van der Waals surface area contributed by atoms with Gasteiger partial charge in [0, 0.05) is 11.2 Å². The molecule has 4 aliphatic rings. The van der Waals surface area contributed by atoms with Crippen molar-refractivity contribution >= 4 is 11.6 Å². The summed E-state index contributed by atoms with van der Waals surface area (Å²) in [6.07, 6.45) is 8.13. The van der Waals surface area contributed by atoms with Crippen LogP contribution in [0.5, 0.6) is 0 Å². The molecule has 0 aromatic heterocycles. The monoisotopic (exact) mass is 340 g/mol. The number of hydrogen-bond acceptors (Lipinski definition) is 2. The minimum atomic E-state index is -0.142. The molecule has 1 aromatic rings. The number of benzene rings is 1. The molecule has 25 heavy (non-hydrogen) atoms. The first-order chi connectivity index (χ1) is 11.8. The molecule has 4 aliphatic carbocycles. The van der Waals surface area contributed by atoms with Gasteiger partial charge in [0.1, 0.15) is 0 Å². The molecule has 2 N–H and O–H groups in total. The van der Waals surface area contributed by atoms with Gasteiger partial charge in [-0.25, -0.2) is 0 Å². The molecule has 3 nitrogen and oxygen atoms in total. The highest BCUT2D eigenvalue weighted by Crippen LogP contribution is 2.55. The Bertz CT molecular complexity index is 635. The van der Waals surface area contributed by atoms with Gasteiger partial charge in [-0.05, 0) is 95.1 Å². The van der Waals surface area contributed by atoms with Gasteiger partial charge in [-0.2, -0.15) is 0 Å². The zero-order chi connectivity index (χ0) is 17.8. The van der Waals surface area contributed by atoms with Gasteiger partial charge in [-0.3, -0.25) is 4.79 Å². The van der Waals surface area contributed by atoms with Crippen LogP contribution in [0.25, 0.3) is 0 Å². The Balaban J connectivity index is 1.45. The van der Waals surface area contributed by atoms with Gasteiger partial charge in [-0.1, -0.05) is 17.7 Å². The van der Waals surface area contributed by atoms with E-state index in [1.165, 1.54) is 44.1 Å². The maximum Gasteiger partial charge on any atom is 0.241 e. The van der Waals surface area contributed by atoms with Crippen LogP contribution in [0.4, 0.5) is 5.69 Å². The predicted octanol–water partition coefficient (Wildman–Crippen LogP) is 4.50. The third kappa shape index (κ3) is 3.23. The lowest BCUT2D eigenvalue weighted by Gasteiger charge is -2.57. The van der Waals surface area contributed by atoms with E-state index in [1.807, 2.05) is 6.92 Å². The largest absolute Gasteiger partial charge is 0.324 e. The van der Waals surface area contributed by atoms with Crippen molar-refractivity contribution in [3.8, 4) is 0 Å². The van der Waals surface area contributed by atoms with Gasteiger partial charge in [0.05, 0.1) is 6.04 Å². The molecule has 136 valence electrons. The van der Waals surface area contributed by atoms with Crippen LogP contribution in [0, 0.1) is 38.5 Å². The molecule has 1 atom stereocenters. The zero-order valence-corrected chi connectivity index (χ0v) is 16.1. The van der Waals surface area contributed by atoms with Gasteiger partial charge in [0.15, 0.2) is 0 Å². The van der Waals surface area contributed by atoms with E-state index in [0.717, 1.165) is 34.6 Å². The SMILES string of the molecule is Cc1cc(C)c(NC(=O)[C@H](C)NC23CC4CC(CC(C4)C2)C3)c(C)c1. The van der Waals surface area contributed by atoms with Crippen molar-refractivity contribution < 1.29 is 4.79 Å². The first-order valence-electron chi connectivity index (χ1n) is 10.00. The molecule has 4 bridgehead atoms. The highest BCUT2D eigenvalue weighted by molar-refractivity contribution is 5.96. The number of carbonyl (C=O) groups excluding carboxylic acids is 1. The van der Waals surface area contributed by atoms with Gasteiger partial charge in [-0.15, -0.1) is 0 Å². The molecule has 0 aliphatic heterocycles. The van der Waals surface area contributed by atoms with Crippen LogP contribution in [-0.4, -0.2) is 17.5 Å². The molecule has 4 fully saturated rings. The molecule has 0 radical (unpaired) electrons. The summed E-state index contributed by atoms with van der Waals surface area (Å²) in [7, 11) is 0. The fraction of sp³-hybridized carbons (Fsp3) is 0.682. The van der Waals surface area contributed by atoms with E-state index in [2.05, 4.69) is 43.5 Å². The summed E-state index contributed by atoms with van der Waals surface area (Å²) in [6.45, 7) is 8.29. The van der Waals surface area contributed by atoms with Crippen LogP contribution in [-0.2, 0) is 4.79 Å². The third-order valence-corrected chi connectivity index (χ3v) is 6.88. The average molecular weight is 341 g/mol. The Morgan fingerprint density at radius 3 is 1.96 bits per heavy atom. The van der Waals surface area contributed by atoms with E-state index >= 15 is 0 Å². The maximum atomic E-state index is 12.9. The molecule has 0 spiro atoms. The van der Waals surface area contributed by atoms with Gasteiger partial charge in [0.25, 0.3) is 0 Å². The van der Waals surface area contributed by atoms with Crippen LogP contribution in [0.15, 0.2) is 12.1 Å². The van der Waals surface area contributed by atoms with Gasteiger partial charge < -0.3 is 10.6 Å². The summed E-state index contributed by atoms with van der Waals surface area (Å²) in [6, 6.07) is 4.14. The van der Waals surface area contributed by atoms with E-state index in [-0.39, 0.29) is 17.5 Å². The van der Waals surface area contributed by atoms with Crippen LogP contribution < -0.4 is 10.6 Å². The zero-order valence-electron chi connectivity index (χ0n) is 16.1. The molecule has 0 unspecified atom stereocenters. The standard InChI is InChI=1S/C22H32N2O/c1-13-5-14(2)20(15(3)6-13)23-21(25)16(4)24-22-10-17-7-18(11-22)9-19(8-17)12-22/h5-6,16-19,24H,7-12H2,1-4H3,(H,23,25)/t16-,17?,18?,19?,22?/m0/s1. The minimum Gasteiger partial charge on any atom is -0.324 e. The Kier molecular flexibility index (Phi) is 4.18. The lowest BCUT2D eigenvalue weighted by atomic mass is 9.53. The van der Waals surface area contributed by atoms with Crippen molar-refractivity contribution in [2.75, 3.05) is 5.32 Å². The van der Waals surface area contributed by atoms with Crippen molar-refractivity contribution in [2.45, 2.75) is 77.8 Å². The molecule has 1 aromatic carbocycles. The van der Waals surface area contributed by atoms with E-state index in [0.29, 0.717) is 0 Å². The highest BCUT2D eigenvalue weighted by Gasteiger charge is 2.51. The molecule has 3 heteroatoms. The molecule has 4 saturated carbocycles. The summed E-state index contributed by atoms with van der Waals surface area (Å²) < 4.78 is 0. The topological polar surface area (TPSA) is 41.1 Å². The lowest BCUT2D eigenvalue weighted by molar-refractivity contribution is -0.119. The Morgan fingerprint density at radius 2 is 1.48 bits per heavy atom. The fourth-order valence-electron chi connectivity index (χ4n) is 6.42. The molecule has 5 rings (SSSR count). The lowest BCUT2D eigenvalue weighted by Crippen LogP contribution is -2.62. The second-order valence-electron chi connectivity index (χ2n) is 9.33. The van der Waals surface area contributed by atoms with Crippen LogP contribution >= 0.6 is 0 Å². The summed E-state index contributed by atoms with van der Waals surface area (Å²) in [4.78, 5) is 12.9. The second-order valence-corrected chi connectivity index (χ2v) is 9.33. The maximum absolute atomic E-state index is 12.9. The van der Waals surface area contributed by atoms with Crippen LogP contribution in [0.2, 0.25) is 0 Å². The van der Waals surface area contributed by atoms with Crippen LogP contribution in [0.3, 0.4) is 0 Å². The first-order valence-corrected chi connectivity index (χ1v) is 10.00. The van der Waals surface area contributed by atoms with Crippen molar-refractivity contribution in [1.29, 1.82) is 0 Å². The van der Waals surface area contributed by atoms with Gasteiger partial charge in [0.2, 0.25) is 5.91 Å². The Labute approximate surface area is 152 Å². The summed E-state index contributed by atoms with van der Waals surface area (Å²) >= 11 is 0. The number of rotatable bonds is 4. The smallest absolute Gasteiger partial charge is 0.241 e. The summed E-state index contributed by atoms with van der Waals surface area (Å²) in [5.74, 6) is 2.80. The van der Waals surface area contributed by atoms with Crippen molar-refractivity contribution in [3.63, 3.8) is 0 Å². The number of amides is 1. The highest BCUT2D eigenvalue weighted by atomic mass is 16.2. The average Bonchev–Trinajstić information content (AvgIpc) is 2.48. The van der Waals surface area contributed by atoms with E-state index in [1.54, 1.807) is 0 Å².